The van der Waals surface area contributed by atoms with Crippen LogP contribution in [0.15, 0.2) is 188 Å². The Kier molecular flexibility index (Phi) is 7.88. The molecule has 1 aromatic heterocycles. The highest BCUT2D eigenvalue weighted by molar-refractivity contribution is 6.14. The van der Waals surface area contributed by atoms with E-state index in [0.717, 1.165) is 50.1 Å². The van der Waals surface area contributed by atoms with E-state index < -0.39 is 5.41 Å². The molecule has 0 fully saturated rings. The highest BCUT2D eigenvalue weighted by Crippen LogP contribution is 2.51. The van der Waals surface area contributed by atoms with Crippen molar-refractivity contribution in [2.24, 2.45) is 0 Å². The van der Waals surface area contributed by atoms with Gasteiger partial charge in [-0.2, -0.15) is 5.26 Å². The van der Waals surface area contributed by atoms with E-state index >= 15 is 0 Å². The number of carbonyl (C=O) groups excluding carboxylic acids is 1. The first-order valence-corrected chi connectivity index (χ1v) is 17.6. The van der Waals surface area contributed by atoms with Gasteiger partial charge in [-0.05, 0) is 45.5 Å². The summed E-state index contributed by atoms with van der Waals surface area (Å²) in [6.45, 7) is 0. The second kappa shape index (κ2) is 13.2. The molecule has 4 heteroatoms. The van der Waals surface area contributed by atoms with Gasteiger partial charge in [-0.3, -0.25) is 4.79 Å². The molecular formula is C49H31N3O. The third kappa shape index (κ3) is 5.26. The van der Waals surface area contributed by atoms with E-state index in [2.05, 4.69) is 78.9 Å². The smallest absolute Gasteiger partial charge is 0.193 e. The number of aromatic nitrogens is 2. The second-order valence-corrected chi connectivity index (χ2v) is 13.2. The zero-order valence-electron chi connectivity index (χ0n) is 28.6. The van der Waals surface area contributed by atoms with Crippen molar-refractivity contribution in [3.05, 3.63) is 227 Å². The predicted octanol–water partition coefficient (Wildman–Crippen LogP) is 10.9. The molecule has 7 aromatic carbocycles. The molecule has 0 saturated carbocycles. The van der Waals surface area contributed by atoms with Gasteiger partial charge in [0.25, 0.3) is 0 Å². The Morgan fingerprint density at radius 3 is 1.43 bits per heavy atom. The van der Waals surface area contributed by atoms with Crippen molar-refractivity contribution < 1.29 is 4.79 Å². The molecule has 1 aliphatic carbocycles. The summed E-state index contributed by atoms with van der Waals surface area (Å²) in [6, 6.07) is 65.4. The number of nitriles is 1. The van der Waals surface area contributed by atoms with E-state index in [1.54, 1.807) is 0 Å². The number of benzene rings is 7. The second-order valence-electron chi connectivity index (χ2n) is 13.2. The Labute approximate surface area is 308 Å². The van der Waals surface area contributed by atoms with Crippen LogP contribution in [0.4, 0.5) is 0 Å². The Balaban J connectivity index is 1.24. The van der Waals surface area contributed by atoms with Crippen molar-refractivity contribution >= 4 is 5.78 Å². The summed E-state index contributed by atoms with van der Waals surface area (Å²) in [4.78, 5) is 24.0. The lowest BCUT2D eigenvalue weighted by molar-refractivity contribution is 0.103. The van der Waals surface area contributed by atoms with E-state index in [0.29, 0.717) is 33.9 Å². The van der Waals surface area contributed by atoms with Gasteiger partial charge in [0, 0.05) is 27.8 Å². The SMILES string of the molecule is N#Cc1c(-c2ccccc2)nc(-c2cccc(-c3cccc(C4(c5ccccc5)c5ccccc5C(=O)c5ccccc54)c3)c2)nc1-c1ccccc1. The molecule has 0 aliphatic heterocycles. The maximum absolute atomic E-state index is 14.0. The van der Waals surface area contributed by atoms with Crippen LogP contribution in [0.25, 0.3) is 45.0 Å². The van der Waals surface area contributed by atoms with Crippen molar-refractivity contribution in [1.82, 2.24) is 9.97 Å². The maximum atomic E-state index is 14.0. The number of fused-ring (bicyclic) bond motifs is 2. The quantitative estimate of drug-likeness (QED) is 0.176. The Hall–Kier alpha value is -7.22. The van der Waals surface area contributed by atoms with Crippen LogP contribution in [0.5, 0.6) is 0 Å². The molecule has 0 bridgehead atoms. The van der Waals surface area contributed by atoms with Gasteiger partial charge in [0.15, 0.2) is 11.6 Å². The Bertz CT molecular complexity index is 2590. The zero-order chi connectivity index (χ0) is 35.8. The average Bonchev–Trinajstić information content (AvgIpc) is 3.24. The molecule has 0 unspecified atom stereocenters. The number of hydrogen-bond acceptors (Lipinski definition) is 4. The molecule has 0 N–H and O–H groups in total. The molecule has 0 spiro atoms. The Morgan fingerprint density at radius 2 is 0.868 bits per heavy atom. The number of carbonyl (C=O) groups is 1. The number of ketones is 1. The minimum Gasteiger partial charge on any atom is -0.289 e. The van der Waals surface area contributed by atoms with E-state index in [-0.39, 0.29) is 5.78 Å². The topological polar surface area (TPSA) is 66.6 Å². The van der Waals surface area contributed by atoms with Crippen LogP contribution in [0, 0.1) is 11.3 Å². The summed E-state index contributed by atoms with van der Waals surface area (Å²) >= 11 is 0. The minimum absolute atomic E-state index is 0.0405. The number of rotatable bonds is 6. The van der Waals surface area contributed by atoms with Gasteiger partial charge >= 0.3 is 0 Å². The summed E-state index contributed by atoms with van der Waals surface area (Å²) in [5.41, 5.74) is 11.0. The van der Waals surface area contributed by atoms with Crippen molar-refractivity contribution in [1.29, 1.82) is 5.26 Å². The fraction of sp³-hybridized carbons (Fsp3) is 0.0204. The van der Waals surface area contributed by atoms with E-state index in [9.17, 15) is 10.1 Å². The van der Waals surface area contributed by atoms with Crippen LogP contribution >= 0.6 is 0 Å². The molecule has 0 atom stereocenters. The van der Waals surface area contributed by atoms with Gasteiger partial charge in [-0.1, -0.05) is 176 Å². The molecule has 0 radical (unpaired) electrons. The molecule has 1 aliphatic rings. The van der Waals surface area contributed by atoms with Crippen LogP contribution in [0.1, 0.15) is 43.7 Å². The van der Waals surface area contributed by atoms with Crippen molar-refractivity contribution in [3.63, 3.8) is 0 Å². The van der Waals surface area contributed by atoms with Gasteiger partial charge in [0.2, 0.25) is 0 Å². The Morgan fingerprint density at radius 1 is 0.434 bits per heavy atom. The lowest BCUT2D eigenvalue weighted by atomic mass is 9.59. The molecule has 8 aromatic rings. The standard InChI is InChI=1S/C49H31N3O/c50-32-42-45(33-16-4-1-5-17-33)51-48(52-46(42)34-18-6-2-7-19-34)37-22-14-20-35(30-37)36-21-15-25-39(31-36)49(38-23-8-3-9-24-38)43-28-12-10-26-40(43)47(53)41-27-11-13-29-44(41)49/h1-31H. The predicted molar refractivity (Wildman–Crippen MR) is 210 cm³/mol. The molecule has 4 nitrogen and oxygen atoms in total. The molecule has 0 amide bonds. The largest absolute Gasteiger partial charge is 0.289 e. The monoisotopic (exact) mass is 677 g/mol. The average molecular weight is 678 g/mol. The molecule has 248 valence electrons. The molecule has 1 heterocycles. The first-order chi connectivity index (χ1) is 26.2. The van der Waals surface area contributed by atoms with E-state index in [1.807, 2.05) is 115 Å². The fourth-order valence-electron chi connectivity index (χ4n) is 7.86. The van der Waals surface area contributed by atoms with E-state index in [1.165, 1.54) is 0 Å². The van der Waals surface area contributed by atoms with E-state index in [4.69, 9.17) is 9.97 Å². The molecular weight excluding hydrogens is 647 g/mol. The van der Waals surface area contributed by atoms with Crippen molar-refractivity contribution in [2.75, 3.05) is 0 Å². The highest BCUT2D eigenvalue weighted by Gasteiger charge is 2.46. The van der Waals surface area contributed by atoms with Crippen LogP contribution in [-0.4, -0.2) is 15.8 Å². The highest BCUT2D eigenvalue weighted by atomic mass is 16.1. The first-order valence-electron chi connectivity index (χ1n) is 17.6. The van der Waals surface area contributed by atoms with Gasteiger partial charge in [-0.15, -0.1) is 0 Å². The van der Waals surface area contributed by atoms with Gasteiger partial charge < -0.3 is 0 Å². The summed E-state index contributed by atoms with van der Waals surface area (Å²) < 4.78 is 0. The lowest BCUT2D eigenvalue weighted by Crippen LogP contribution is -2.38. The maximum Gasteiger partial charge on any atom is 0.193 e. The molecule has 0 saturated heterocycles. The summed E-state index contributed by atoms with van der Waals surface area (Å²) in [6.07, 6.45) is 0. The van der Waals surface area contributed by atoms with Gasteiger partial charge in [-0.25, -0.2) is 9.97 Å². The van der Waals surface area contributed by atoms with Crippen LogP contribution in [0.2, 0.25) is 0 Å². The molecule has 53 heavy (non-hydrogen) atoms. The van der Waals surface area contributed by atoms with Crippen molar-refractivity contribution in [2.45, 2.75) is 5.41 Å². The summed E-state index contributed by atoms with van der Waals surface area (Å²) in [5.74, 6) is 0.577. The third-order valence-corrected chi connectivity index (χ3v) is 10.2. The first kappa shape index (κ1) is 31.7. The van der Waals surface area contributed by atoms with Crippen LogP contribution in [0.3, 0.4) is 0 Å². The van der Waals surface area contributed by atoms with Crippen LogP contribution in [-0.2, 0) is 5.41 Å². The zero-order valence-corrected chi connectivity index (χ0v) is 28.6. The fourth-order valence-corrected chi connectivity index (χ4v) is 7.86. The molecule has 9 rings (SSSR count). The van der Waals surface area contributed by atoms with Gasteiger partial charge in [0.05, 0.1) is 16.8 Å². The number of nitrogens with zero attached hydrogens (tertiary/aromatic N) is 3. The lowest BCUT2D eigenvalue weighted by Gasteiger charge is -2.41. The summed E-state index contributed by atoms with van der Waals surface area (Å²) in [5, 5.41) is 10.4. The minimum atomic E-state index is -0.735. The van der Waals surface area contributed by atoms with Crippen LogP contribution < -0.4 is 0 Å². The summed E-state index contributed by atoms with van der Waals surface area (Å²) in [7, 11) is 0. The van der Waals surface area contributed by atoms with Gasteiger partial charge in [0.1, 0.15) is 11.6 Å². The third-order valence-electron chi connectivity index (χ3n) is 10.2. The number of hydrogen-bond donors (Lipinski definition) is 0. The normalized spacial score (nSPS) is 12.7. The van der Waals surface area contributed by atoms with Crippen molar-refractivity contribution in [3.8, 4) is 51.1 Å².